The largest absolute Gasteiger partial charge is 0.487 e. The lowest BCUT2D eigenvalue weighted by molar-refractivity contribution is 0.0697. The molecule has 5 rings (SSSR count). The summed E-state index contributed by atoms with van der Waals surface area (Å²) in [6, 6.07) is 17.4. The van der Waals surface area contributed by atoms with E-state index in [0.29, 0.717) is 34.1 Å². The van der Waals surface area contributed by atoms with Gasteiger partial charge in [-0.1, -0.05) is 36.4 Å². The number of pyridine rings is 2. The summed E-state index contributed by atoms with van der Waals surface area (Å²) in [4.78, 5) is 20.1. The number of carboxylic acid groups (broad SMARTS) is 1. The van der Waals surface area contributed by atoms with Crippen molar-refractivity contribution in [3.63, 3.8) is 0 Å². The van der Waals surface area contributed by atoms with Crippen LogP contribution in [0.1, 0.15) is 15.9 Å². The average molecular weight is 500 g/mol. The molecule has 0 saturated heterocycles. The Morgan fingerprint density at radius 3 is 2.68 bits per heavy atom. The molecule has 0 radical (unpaired) electrons. The number of aromatic nitrogens is 4. The number of benzene rings is 2. The molecule has 0 aliphatic rings. The van der Waals surface area contributed by atoms with E-state index in [4.69, 9.17) is 9.84 Å². The van der Waals surface area contributed by atoms with E-state index in [1.54, 1.807) is 28.9 Å². The highest BCUT2D eigenvalue weighted by Crippen LogP contribution is 2.34. The molecule has 3 heterocycles. The monoisotopic (exact) mass is 499 g/mol. The van der Waals surface area contributed by atoms with Crippen LogP contribution in [0.25, 0.3) is 22.3 Å². The van der Waals surface area contributed by atoms with E-state index >= 15 is 0 Å². The van der Waals surface area contributed by atoms with Gasteiger partial charge in [-0.15, -0.1) is 0 Å². The SMILES string of the molecule is O=C(O)c1cnccc1Nc1cc(-c2nn(Cc3ccccc3F)c3ccccc23)ncc1OCCO. The number of aliphatic hydroxyl groups excluding tert-OH is 1. The Labute approximate surface area is 210 Å². The van der Waals surface area contributed by atoms with Gasteiger partial charge < -0.3 is 20.3 Å². The quantitative estimate of drug-likeness (QED) is 0.271. The van der Waals surface area contributed by atoms with Crippen LogP contribution in [0.15, 0.2) is 79.3 Å². The predicted octanol–water partition coefficient (Wildman–Crippen LogP) is 4.49. The highest BCUT2D eigenvalue weighted by molar-refractivity contribution is 5.96. The predicted molar refractivity (Wildman–Crippen MR) is 136 cm³/mol. The molecule has 0 fully saturated rings. The summed E-state index contributed by atoms with van der Waals surface area (Å²) in [5, 5.41) is 27.4. The number of rotatable bonds is 9. The molecule has 10 heteroatoms. The minimum Gasteiger partial charge on any atom is -0.487 e. The Balaban J connectivity index is 1.59. The van der Waals surface area contributed by atoms with Gasteiger partial charge in [-0.05, 0) is 24.3 Å². The van der Waals surface area contributed by atoms with Gasteiger partial charge in [0.05, 0.1) is 41.9 Å². The zero-order valence-corrected chi connectivity index (χ0v) is 19.5. The van der Waals surface area contributed by atoms with Gasteiger partial charge in [0.2, 0.25) is 0 Å². The van der Waals surface area contributed by atoms with E-state index in [1.807, 2.05) is 24.3 Å². The van der Waals surface area contributed by atoms with E-state index in [1.165, 1.54) is 30.7 Å². The first-order valence-electron chi connectivity index (χ1n) is 11.4. The Kier molecular flexibility index (Phi) is 6.73. The first-order chi connectivity index (χ1) is 18.0. The van der Waals surface area contributed by atoms with Crippen LogP contribution >= 0.6 is 0 Å². The smallest absolute Gasteiger partial charge is 0.339 e. The second-order valence-corrected chi connectivity index (χ2v) is 8.10. The first kappa shape index (κ1) is 23.9. The number of carboxylic acids is 1. The van der Waals surface area contributed by atoms with Crippen molar-refractivity contribution in [3.8, 4) is 17.1 Å². The van der Waals surface area contributed by atoms with Gasteiger partial charge in [-0.2, -0.15) is 5.10 Å². The van der Waals surface area contributed by atoms with Gasteiger partial charge in [0.15, 0.2) is 5.75 Å². The number of carbonyl (C=O) groups is 1. The molecule has 0 saturated carbocycles. The van der Waals surface area contributed by atoms with Crippen LogP contribution in [0.2, 0.25) is 0 Å². The summed E-state index contributed by atoms with van der Waals surface area (Å²) in [5.41, 5.74) is 3.09. The fourth-order valence-corrected chi connectivity index (χ4v) is 3.98. The number of fused-ring (bicyclic) bond motifs is 1. The number of aliphatic hydroxyl groups is 1. The molecule has 0 unspecified atom stereocenters. The summed E-state index contributed by atoms with van der Waals surface area (Å²) in [5.74, 6) is -1.13. The van der Waals surface area contributed by atoms with Crippen LogP contribution in [0.4, 0.5) is 15.8 Å². The summed E-state index contributed by atoms with van der Waals surface area (Å²) in [6.45, 7) is 0.0505. The van der Waals surface area contributed by atoms with Gasteiger partial charge in [0.25, 0.3) is 0 Å². The Hall–Kier alpha value is -4.83. The number of nitrogens with zero attached hydrogens (tertiary/aromatic N) is 4. The minimum absolute atomic E-state index is 0.0198. The van der Waals surface area contributed by atoms with E-state index in [9.17, 15) is 19.4 Å². The molecule has 0 aliphatic heterocycles. The molecule has 3 N–H and O–H groups in total. The molecule has 0 aliphatic carbocycles. The van der Waals surface area contributed by atoms with Gasteiger partial charge in [0.1, 0.15) is 23.7 Å². The van der Waals surface area contributed by atoms with E-state index in [2.05, 4.69) is 15.3 Å². The van der Waals surface area contributed by atoms with Crippen molar-refractivity contribution in [2.24, 2.45) is 0 Å². The average Bonchev–Trinajstić information content (AvgIpc) is 3.28. The third kappa shape index (κ3) is 4.95. The lowest BCUT2D eigenvalue weighted by Gasteiger charge is -2.15. The number of anilines is 2. The van der Waals surface area contributed by atoms with Crippen molar-refractivity contribution in [2.75, 3.05) is 18.5 Å². The molecule has 0 bridgehead atoms. The van der Waals surface area contributed by atoms with Gasteiger partial charge >= 0.3 is 5.97 Å². The number of ether oxygens (including phenoxy) is 1. The van der Waals surface area contributed by atoms with Crippen LogP contribution in [-0.4, -0.2) is 49.1 Å². The van der Waals surface area contributed by atoms with Crippen molar-refractivity contribution in [1.82, 2.24) is 19.7 Å². The molecular formula is C27H22FN5O4. The lowest BCUT2D eigenvalue weighted by atomic mass is 10.1. The number of hydrogen-bond acceptors (Lipinski definition) is 7. The maximum absolute atomic E-state index is 14.4. The van der Waals surface area contributed by atoms with Gasteiger partial charge in [-0.3, -0.25) is 14.6 Å². The number of nitrogens with one attached hydrogen (secondary N) is 1. The summed E-state index contributed by atoms with van der Waals surface area (Å²) in [6.07, 6.45) is 4.21. The van der Waals surface area contributed by atoms with Crippen LogP contribution in [-0.2, 0) is 6.54 Å². The number of para-hydroxylation sites is 1. The topological polar surface area (TPSA) is 122 Å². The van der Waals surface area contributed by atoms with Crippen LogP contribution in [0, 0.1) is 5.82 Å². The van der Waals surface area contributed by atoms with Crippen molar-refractivity contribution in [2.45, 2.75) is 6.54 Å². The third-order valence-corrected chi connectivity index (χ3v) is 5.72. The highest BCUT2D eigenvalue weighted by Gasteiger charge is 2.18. The van der Waals surface area contributed by atoms with Crippen LogP contribution < -0.4 is 10.1 Å². The molecule has 0 atom stereocenters. The van der Waals surface area contributed by atoms with Gasteiger partial charge in [-0.25, -0.2) is 9.18 Å². The number of hydrogen-bond donors (Lipinski definition) is 3. The molecule has 3 aromatic heterocycles. The third-order valence-electron chi connectivity index (χ3n) is 5.72. The maximum atomic E-state index is 14.4. The second-order valence-electron chi connectivity index (χ2n) is 8.10. The first-order valence-corrected chi connectivity index (χ1v) is 11.4. The molecule has 2 aromatic carbocycles. The van der Waals surface area contributed by atoms with Crippen molar-refractivity contribution < 1.29 is 24.1 Å². The summed E-state index contributed by atoms with van der Waals surface area (Å²) >= 11 is 0. The maximum Gasteiger partial charge on any atom is 0.339 e. The number of aromatic carboxylic acids is 1. The molecule has 0 amide bonds. The Morgan fingerprint density at radius 1 is 1.05 bits per heavy atom. The summed E-state index contributed by atoms with van der Waals surface area (Å²) in [7, 11) is 0. The van der Waals surface area contributed by atoms with Crippen molar-refractivity contribution in [1.29, 1.82) is 0 Å². The molecule has 186 valence electrons. The number of halogens is 1. The molecule has 37 heavy (non-hydrogen) atoms. The van der Waals surface area contributed by atoms with Gasteiger partial charge in [0, 0.05) is 23.3 Å². The van der Waals surface area contributed by atoms with E-state index in [0.717, 1.165) is 10.9 Å². The molecule has 9 nitrogen and oxygen atoms in total. The normalized spacial score (nSPS) is 11.0. The van der Waals surface area contributed by atoms with Crippen LogP contribution in [0.3, 0.4) is 0 Å². The van der Waals surface area contributed by atoms with E-state index in [-0.39, 0.29) is 31.1 Å². The van der Waals surface area contributed by atoms with Crippen molar-refractivity contribution >= 4 is 28.2 Å². The minimum atomic E-state index is -1.14. The molecular weight excluding hydrogens is 477 g/mol. The molecule has 0 spiro atoms. The Morgan fingerprint density at radius 2 is 1.86 bits per heavy atom. The molecule has 5 aromatic rings. The fourth-order valence-electron chi connectivity index (χ4n) is 3.98. The van der Waals surface area contributed by atoms with E-state index < -0.39 is 5.97 Å². The zero-order valence-electron chi connectivity index (χ0n) is 19.5. The zero-order chi connectivity index (χ0) is 25.8. The van der Waals surface area contributed by atoms with Crippen molar-refractivity contribution in [3.05, 3.63) is 96.2 Å². The van der Waals surface area contributed by atoms with Crippen LogP contribution in [0.5, 0.6) is 5.75 Å². The fraction of sp³-hybridized carbons (Fsp3) is 0.111. The second kappa shape index (κ2) is 10.4. The summed E-state index contributed by atoms with van der Waals surface area (Å²) < 4.78 is 21.7. The highest BCUT2D eigenvalue weighted by atomic mass is 19.1. The standard InChI is InChI=1S/C27H22FN5O4/c28-20-7-3-1-5-17(20)16-33-24-8-4-2-6-18(24)26(32-33)23-13-22(25(15-30-23)37-12-11-34)31-21-9-10-29-14-19(21)27(35)36/h1-10,13-15,34H,11-12,16H2,(H,35,36)(H,29,30,31). The Bertz CT molecular complexity index is 1590. The lowest BCUT2D eigenvalue weighted by Crippen LogP contribution is -2.07.